The van der Waals surface area contributed by atoms with Gasteiger partial charge in [-0.25, -0.2) is 9.78 Å². The van der Waals surface area contributed by atoms with Crippen molar-refractivity contribution in [1.82, 2.24) is 19.7 Å². The zero-order valence-corrected chi connectivity index (χ0v) is 12.7. The van der Waals surface area contributed by atoms with Gasteiger partial charge in [0.1, 0.15) is 0 Å². The van der Waals surface area contributed by atoms with Crippen molar-refractivity contribution < 1.29 is 15.0 Å². The largest absolute Gasteiger partial charge is 0.493 e. The van der Waals surface area contributed by atoms with Crippen LogP contribution in [0.4, 0.5) is 0 Å². The fourth-order valence-corrected chi connectivity index (χ4v) is 2.25. The van der Waals surface area contributed by atoms with E-state index in [0.717, 1.165) is 0 Å². The molecule has 0 aliphatic rings. The summed E-state index contributed by atoms with van der Waals surface area (Å²) in [5, 5.41) is 24.1. The van der Waals surface area contributed by atoms with Crippen LogP contribution in [0.15, 0.2) is 36.7 Å². The minimum absolute atomic E-state index is 0.0525. The number of hydrogen-bond acceptors (Lipinski definition) is 5. The molecule has 0 atom stereocenters. The maximum Gasteiger partial charge on any atom is 0.337 e. The number of rotatable bonds is 3. The van der Waals surface area contributed by atoms with Gasteiger partial charge in [0.25, 0.3) is 0 Å². The number of pyridine rings is 2. The molecule has 0 fully saturated rings. The van der Waals surface area contributed by atoms with E-state index < -0.39 is 5.97 Å². The van der Waals surface area contributed by atoms with Gasteiger partial charge in [-0.3, -0.25) is 4.98 Å². The molecular formula is C15H11ClN4O3. The van der Waals surface area contributed by atoms with Crippen LogP contribution in [0.3, 0.4) is 0 Å². The monoisotopic (exact) mass is 330 g/mol. The van der Waals surface area contributed by atoms with E-state index >= 15 is 0 Å². The molecule has 0 saturated heterocycles. The lowest BCUT2D eigenvalue weighted by Gasteiger charge is -2.03. The van der Waals surface area contributed by atoms with Crippen LogP contribution < -0.4 is 0 Å². The van der Waals surface area contributed by atoms with E-state index in [4.69, 9.17) is 16.7 Å². The highest BCUT2D eigenvalue weighted by molar-refractivity contribution is 6.30. The van der Waals surface area contributed by atoms with Crippen molar-refractivity contribution in [3.63, 3.8) is 0 Å². The summed E-state index contributed by atoms with van der Waals surface area (Å²) < 4.78 is 1.23. The van der Waals surface area contributed by atoms with Crippen molar-refractivity contribution in [3.05, 3.63) is 52.9 Å². The standard InChI is InChI=1S/C15H11ClN4O3/c1-8-13(11-4-3-10(16)7-17-11)14(21)20(19-8)12-5-2-9(6-18-12)15(22)23/h2-7,21H,1H3,(H,22,23). The molecule has 3 rings (SSSR count). The highest BCUT2D eigenvalue weighted by atomic mass is 35.5. The second-order valence-corrected chi connectivity index (χ2v) is 5.20. The number of halogens is 1. The minimum atomic E-state index is -1.07. The van der Waals surface area contributed by atoms with Gasteiger partial charge in [0.15, 0.2) is 5.82 Å². The molecule has 0 radical (unpaired) electrons. The number of aryl methyl sites for hydroxylation is 1. The number of aromatic hydroxyl groups is 1. The third-order valence-corrected chi connectivity index (χ3v) is 3.45. The van der Waals surface area contributed by atoms with Gasteiger partial charge in [0.05, 0.1) is 27.5 Å². The van der Waals surface area contributed by atoms with Gasteiger partial charge in [-0.15, -0.1) is 0 Å². The minimum Gasteiger partial charge on any atom is -0.493 e. The smallest absolute Gasteiger partial charge is 0.337 e. The Morgan fingerprint density at radius 3 is 2.52 bits per heavy atom. The highest BCUT2D eigenvalue weighted by Crippen LogP contribution is 2.32. The van der Waals surface area contributed by atoms with Crippen LogP contribution in [0.2, 0.25) is 5.02 Å². The number of carboxylic acids is 1. The molecular weight excluding hydrogens is 320 g/mol. The van der Waals surface area contributed by atoms with Crippen molar-refractivity contribution in [1.29, 1.82) is 0 Å². The van der Waals surface area contributed by atoms with E-state index in [1.165, 1.54) is 29.2 Å². The Labute approximate surface area is 135 Å². The summed E-state index contributed by atoms with van der Waals surface area (Å²) in [4.78, 5) is 19.0. The summed E-state index contributed by atoms with van der Waals surface area (Å²) in [7, 11) is 0. The Morgan fingerprint density at radius 1 is 1.17 bits per heavy atom. The first-order valence-corrected chi connectivity index (χ1v) is 6.95. The van der Waals surface area contributed by atoms with E-state index in [-0.39, 0.29) is 11.4 Å². The van der Waals surface area contributed by atoms with Crippen LogP contribution in [0.5, 0.6) is 5.88 Å². The Morgan fingerprint density at radius 2 is 1.96 bits per heavy atom. The van der Waals surface area contributed by atoms with Gasteiger partial charge in [-0.1, -0.05) is 11.6 Å². The molecule has 0 bridgehead atoms. The Balaban J connectivity index is 2.07. The molecule has 116 valence electrons. The first-order chi connectivity index (χ1) is 11.0. The summed E-state index contributed by atoms with van der Waals surface area (Å²) in [6.07, 6.45) is 2.68. The SMILES string of the molecule is Cc1nn(-c2ccc(C(=O)O)cn2)c(O)c1-c1ccc(Cl)cn1. The molecule has 3 heterocycles. The Hall–Kier alpha value is -2.93. The van der Waals surface area contributed by atoms with Gasteiger partial charge in [-0.05, 0) is 31.2 Å². The molecule has 3 aromatic rings. The Kier molecular flexibility index (Phi) is 3.71. The van der Waals surface area contributed by atoms with Gasteiger partial charge in [0.2, 0.25) is 5.88 Å². The van der Waals surface area contributed by atoms with Crippen molar-refractivity contribution in [3.8, 4) is 23.0 Å². The molecule has 7 nitrogen and oxygen atoms in total. The number of carbonyl (C=O) groups is 1. The van der Waals surface area contributed by atoms with Crippen LogP contribution in [0.25, 0.3) is 17.1 Å². The molecule has 0 aliphatic carbocycles. The quantitative estimate of drug-likeness (QED) is 0.765. The lowest BCUT2D eigenvalue weighted by Crippen LogP contribution is -2.02. The third-order valence-electron chi connectivity index (χ3n) is 3.23. The fourth-order valence-electron chi connectivity index (χ4n) is 2.14. The van der Waals surface area contributed by atoms with Crippen LogP contribution in [0.1, 0.15) is 16.1 Å². The van der Waals surface area contributed by atoms with Crippen molar-refractivity contribution in [2.45, 2.75) is 6.92 Å². The van der Waals surface area contributed by atoms with Crippen molar-refractivity contribution in [2.75, 3.05) is 0 Å². The zero-order chi connectivity index (χ0) is 16.6. The molecule has 0 spiro atoms. The first-order valence-electron chi connectivity index (χ1n) is 6.57. The number of hydrogen-bond donors (Lipinski definition) is 2. The first kappa shape index (κ1) is 15.0. The summed E-state index contributed by atoms with van der Waals surface area (Å²) in [6.45, 7) is 1.73. The van der Waals surface area contributed by atoms with Crippen molar-refractivity contribution >= 4 is 17.6 Å². The average molecular weight is 331 g/mol. The zero-order valence-electron chi connectivity index (χ0n) is 11.9. The van der Waals surface area contributed by atoms with E-state index in [1.807, 2.05) is 0 Å². The lowest BCUT2D eigenvalue weighted by molar-refractivity contribution is 0.0696. The highest BCUT2D eigenvalue weighted by Gasteiger charge is 2.19. The maximum atomic E-state index is 10.9. The number of aromatic carboxylic acids is 1. The van der Waals surface area contributed by atoms with E-state index in [1.54, 1.807) is 19.1 Å². The predicted octanol–water partition coefficient (Wildman–Crippen LogP) is 2.69. The summed E-state index contributed by atoms with van der Waals surface area (Å²) in [5.74, 6) is -0.903. The molecule has 0 saturated carbocycles. The van der Waals surface area contributed by atoms with E-state index in [9.17, 15) is 9.90 Å². The molecule has 23 heavy (non-hydrogen) atoms. The molecule has 3 aromatic heterocycles. The lowest BCUT2D eigenvalue weighted by atomic mass is 10.1. The van der Waals surface area contributed by atoms with Crippen LogP contribution in [-0.4, -0.2) is 35.9 Å². The van der Waals surface area contributed by atoms with Gasteiger partial charge >= 0.3 is 5.97 Å². The Bertz CT molecular complexity index is 873. The van der Waals surface area contributed by atoms with Crippen LogP contribution in [0, 0.1) is 6.92 Å². The molecule has 0 aromatic carbocycles. The van der Waals surface area contributed by atoms with Crippen LogP contribution >= 0.6 is 11.6 Å². The topological polar surface area (TPSA) is 101 Å². The average Bonchev–Trinajstić information content (AvgIpc) is 2.83. The van der Waals surface area contributed by atoms with Crippen molar-refractivity contribution in [2.24, 2.45) is 0 Å². The fraction of sp³-hybridized carbons (Fsp3) is 0.0667. The maximum absolute atomic E-state index is 10.9. The molecule has 8 heteroatoms. The van der Waals surface area contributed by atoms with Gasteiger partial charge in [-0.2, -0.15) is 9.78 Å². The van der Waals surface area contributed by atoms with E-state index in [0.29, 0.717) is 27.8 Å². The normalized spacial score (nSPS) is 10.7. The number of aromatic nitrogens is 4. The molecule has 2 N–H and O–H groups in total. The number of nitrogens with zero attached hydrogens (tertiary/aromatic N) is 4. The predicted molar refractivity (Wildman–Crippen MR) is 83.0 cm³/mol. The summed E-state index contributed by atoms with van der Waals surface area (Å²) in [6, 6.07) is 6.20. The summed E-state index contributed by atoms with van der Waals surface area (Å²) >= 11 is 5.82. The molecule has 0 aliphatic heterocycles. The number of carboxylic acid groups (broad SMARTS) is 1. The second kappa shape index (κ2) is 5.69. The third kappa shape index (κ3) is 2.74. The van der Waals surface area contributed by atoms with E-state index in [2.05, 4.69) is 15.1 Å². The molecule has 0 amide bonds. The van der Waals surface area contributed by atoms with Gasteiger partial charge < -0.3 is 10.2 Å². The van der Waals surface area contributed by atoms with Crippen LogP contribution in [-0.2, 0) is 0 Å². The second-order valence-electron chi connectivity index (χ2n) is 4.77. The summed E-state index contributed by atoms with van der Waals surface area (Å²) in [5.41, 5.74) is 1.60. The van der Waals surface area contributed by atoms with Gasteiger partial charge in [0, 0.05) is 12.4 Å². The molecule has 0 unspecified atom stereocenters.